The second-order valence-electron chi connectivity index (χ2n) is 5.87. The van der Waals surface area contributed by atoms with Gasteiger partial charge in [0.15, 0.2) is 0 Å². The molecule has 1 N–H and O–H groups in total. The summed E-state index contributed by atoms with van der Waals surface area (Å²) in [6.45, 7) is 1.96. The standard InChI is InChI=1S/C20H15ClN2O3S/c1-12-18(19(23-26-12)14-5-2-3-6-15(14)21)20(24)22-11-13-8-9-16(25-13)17-7-4-10-27-17/h2-10H,11H2,1H3,(H,22,24). The van der Waals surface area contributed by atoms with Crippen LogP contribution in [0.2, 0.25) is 5.02 Å². The lowest BCUT2D eigenvalue weighted by molar-refractivity contribution is 0.0947. The Labute approximate surface area is 164 Å². The highest BCUT2D eigenvalue weighted by molar-refractivity contribution is 7.13. The van der Waals surface area contributed by atoms with Crippen LogP contribution in [0.25, 0.3) is 21.9 Å². The van der Waals surface area contributed by atoms with Crippen molar-refractivity contribution in [1.82, 2.24) is 10.5 Å². The number of carbonyl (C=O) groups is 1. The van der Waals surface area contributed by atoms with Crippen molar-refractivity contribution in [2.45, 2.75) is 13.5 Å². The van der Waals surface area contributed by atoms with E-state index in [9.17, 15) is 4.79 Å². The number of nitrogens with one attached hydrogen (secondary N) is 1. The van der Waals surface area contributed by atoms with Crippen LogP contribution in [0.15, 0.2) is 62.9 Å². The maximum Gasteiger partial charge on any atom is 0.257 e. The SMILES string of the molecule is Cc1onc(-c2ccccc2Cl)c1C(=O)NCc1ccc(-c2cccs2)o1. The van der Waals surface area contributed by atoms with Crippen molar-refractivity contribution in [2.75, 3.05) is 0 Å². The zero-order valence-corrected chi connectivity index (χ0v) is 15.9. The number of hydrogen-bond donors (Lipinski definition) is 1. The fraction of sp³-hybridized carbons (Fsp3) is 0.100. The van der Waals surface area contributed by atoms with Crippen LogP contribution < -0.4 is 5.32 Å². The molecular weight excluding hydrogens is 384 g/mol. The van der Waals surface area contributed by atoms with Crippen LogP contribution in [0.3, 0.4) is 0 Å². The predicted molar refractivity (Wildman–Crippen MR) is 105 cm³/mol. The number of aryl methyl sites for hydroxylation is 1. The minimum atomic E-state index is -0.294. The van der Waals surface area contributed by atoms with Gasteiger partial charge in [-0.25, -0.2) is 0 Å². The number of hydrogen-bond acceptors (Lipinski definition) is 5. The van der Waals surface area contributed by atoms with Crippen LogP contribution in [-0.2, 0) is 6.54 Å². The van der Waals surface area contributed by atoms with Crippen LogP contribution in [0.4, 0.5) is 0 Å². The Morgan fingerprint density at radius 2 is 2.04 bits per heavy atom. The molecule has 1 aromatic carbocycles. The van der Waals surface area contributed by atoms with Crippen molar-refractivity contribution in [3.63, 3.8) is 0 Å². The molecular formula is C20H15ClN2O3S. The topological polar surface area (TPSA) is 68.3 Å². The van der Waals surface area contributed by atoms with Crippen molar-refractivity contribution in [3.05, 3.63) is 76.0 Å². The molecule has 0 saturated heterocycles. The number of furan rings is 1. The highest BCUT2D eigenvalue weighted by Crippen LogP contribution is 2.31. The fourth-order valence-corrected chi connectivity index (χ4v) is 3.67. The Hall–Kier alpha value is -2.83. The molecule has 3 heterocycles. The van der Waals surface area contributed by atoms with Gasteiger partial charge in [-0.2, -0.15) is 0 Å². The Morgan fingerprint density at radius 3 is 2.81 bits per heavy atom. The van der Waals surface area contributed by atoms with E-state index in [1.54, 1.807) is 30.4 Å². The van der Waals surface area contributed by atoms with Crippen molar-refractivity contribution in [2.24, 2.45) is 0 Å². The van der Waals surface area contributed by atoms with Crippen molar-refractivity contribution >= 4 is 28.8 Å². The van der Waals surface area contributed by atoms with Gasteiger partial charge in [0.25, 0.3) is 5.91 Å². The molecule has 4 rings (SSSR count). The van der Waals surface area contributed by atoms with E-state index < -0.39 is 0 Å². The molecule has 7 heteroatoms. The van der Waals surface area contributed by atoms with E-state index in [0.717, 1.165) is 10.6 Å². The summed E-state index contributed by atoms with van der Waals surface area (Å²) < 4.78 is 11.0. The number of rotatable bonds is 5. The number of benzene rings is 1. The number of thiophene rings is 1. The van der Waals surface area contributed by atoms with Crippen molar-refractivity contribution in [3.8, 4) is 21.9 Å². The predicted octanol–water partition coefficient (Wildman–Crippen LogP) is 5.55. The molecule has 0 spiro atoms. The first kappa shape index (κ1) is 17.6. The molecule has 136 valence electrons. The smallest absolute Gasteiger partial charge is 0.257 e. The van der Waals surface area contributed by atoms with Crippen LogP contribution in [-0.4, -0.2) is 11.1 Å². The lowest BCUT2D eigenvalue weighted by Gasteiger charge is -2.05. The van der Waals surface area contributed by atoms with E-state index in [4.69, 9.17) is 20.5 Å². The molecule has 1 amide bonds. The first-order valence-electron chi connectivity index (χ1n) is 8.25. The van der Waals surface area contributed by atoms with E-state index in [1.807, 2.05) is 41.8 Å². The third-order valence-electron chi connectivity index (χ3n) is 4.07. The first-order chi connectivity index (χ1) is 13.1. The summed E-state index contributed by atoms with van der Waals surface area (Å²) in [4.78, 5) is 13.8. The quantitative estimate of drug-likeness (QED) is 0.478. The summed E-state index contributed by atoms with van der Waals surface area (Å²) in [5.41, 5.74) is 1.45. The molecule has 0 aliphatic heterocycles. The number of aromatic nitrogens is 1. The second-order valence-corrected chi connectivity index (χ2v) is 7.22. The molecule has 5 nitrogen and oxygen atoms in total. The zero-order chi connectivity index (χ0) is 18.8. The van der Waals surface area contributed by atoms with E-state index in [1.165, 1.54) is 0 Å². The minimum Gasteiger partial charge on any atom is -0.458 e. The maximum atomic E-state index is 12.7. The van der Waals surface area contributed by atoms with Crippen molar-refractivity contribution in [1.29, 1.82) is 0 Å². The molecule has 4 aromatic rings. The molecule has 0 radical (unpaired) electrons. The lowest BCUT2D eigenvalue weighted by Crippen LogP contribution is -2.23. The van der Waals surface area contributed by atoms with Gasteiger partial charge in [0.05, 0.1) is 16.4 Å². The van der Waals surface area contributed by atoms with Crippen molar-refractivity contribution < 1.29 is 13.7 Å². The summed E-state index contributed by atoms with van der Waals surface area (Å²) in [5, 5.41) is 9.37. The van der Waals surface area contributed by atoms with E-state index in [2.05, 4.69) is 10.5 Å². The molecule has 0 bridgehead atoms. The number of halogens is 1. The van der Waals surface area contributed by atoms with Gasteiger partial charge in [-0.1, -0.05) is 41.0 Å². The number of carbonyl (C=O) groups excluding carboxylic acids is 1. The maximum absolute atomic E-state index is 12.7. The van der Waals surface area contributed by atoms with Gasteiger partial charge in [0.1, 0.15) is 28.5 Å². The highest BCUT2D eigenvalue weighted by atomic mass is 35.5. The summed E-state index contributed by atoms with van der Waals surface area (Å²) in [5.74, 6) is 1.59. The molecule has 0 atom stereocenters. The average molecular weight is 399 g/mol. The Bertz CT molecular complexity index is 1080. The van der Waals surface area contributed by atoms with E-state index in [-0.39, 0.29) is 12.5 Å². The van der Waals surface area contributed by atoms with Gasteiger partial charge in [-0.05, 0) is 36.6 Å². The van der Waals surface area contributed by atoms with Crippen LogP contribution in [0, 0.1) is 6.92 Å². The molecule has 0 unspecified atom stereocenters. The van der Waals surface area contributed by atoms with Gasteiger partial charge in [0, 0.05) is 5.56 Å². The Kier molecular flexibility index (Phi) is 4.83. The lowest BCUT2D eigenvalue weighted by atomic mass is 10.1. The minimum absolute atomic E-state index is 0.261. The highest BCUT2D eigenvalue weighted by Gasteiger charge is 2.23. The molecule has 0 aliphatic rings. The third kappa shape index (κ3) is 3.54. The van der Waals surface area contributed by atoms with Gasteiger partial charge < -0.3 is 14.3 Å². The number of nitrogens with zero attached hydrogens (tertiary/aromatic N) is 1. The third-order valence-corrected chi connectivity index (χ3v) is 5.28. The summed E-state index contributed by atoms with van der Waals surface area (Å²) in [6, 6.07) is 14.9. The van der Waals surface area contributed by atoms with Crippen LogP contribution in [0.1, 0.15) is 21.9 Å². The van der Waals surface area contributed by atoms with Gasteiger partial charge in [-0.15, -0.1) is 11.3 Å². The van der Waals surface area contributed by atoms with E-state index in [0.29, 0.717) is 33.4 Å². The molecule has 27 heavy (non-hydrogen) atoms. The van der Waals surface area contributed by atoms with Crippen LogP contribution >= 0.6 is 22.9 Å². The largest absolute Gasteiger partial charge is 0.458 e. The molecule has 3 aromatic heterocycles. The summed E-state index contributed by atoms with van der Waals surface area (Å²) in [6.07, 6.45) is 0. The van der Waals surface area contributed by atoms with Gasteiger partial charge in [0.2, 0.25) is 0 Å². The summed E-state index contributed by atoms with van der Waals surface area (Å²) in [7, 11) is 0. The van der Waals surface area contributed by atoms with Crippen LogP contribution in [0.5, 0.6) is 0 Å². The summed E-state index contributed by atoms with van der Waals surface area (Å²) >= 11 is 7.84. The van der Waals surface area contributed by atoms with E-state index >= 15 is 0 Å². The molecule has 0 aliphatic carbocycles. The average Bonchev–Trinajstić information content (AvgIpc) is 3.40. The van der Waals surface area contributed by atoms with Gasteiger partial charge in [-0.3, -0.25) is 4.79 Å². The number of amides is 1. The molecule has 0 saturated carbocycles. The normalized spacial score (nSPS) is 10.9. The fourth-order valence-electron chi connectivity index (χ4n) is 2.76. The van der Waals surface area contributed by atoms with Gasteiger partial charge >= 0.3 is 0 Å². The Balaban J connectivity index is 1.53. The monoisotopic (exact) mass is 398 g/mol. The first-order valence-corrected chi connectivity index (χ1v) is 9.51. The Morgan fingerprint density at radius 1 is 1.19 bits per heavy atom. The molecule has 0 fully saturated rings. The second kappa shape index (κ2) is 7.42. The zero-order valence-electron chi connectivity index (χ0n) is 14.4.